The van der Waals surface area contributed by atoms with Crippen molar-refractivity contribution in [1.82, 2.24) is 0 Å². The summed E-state index contributed by atoms with van der Waals surface area (Å²) in [4.78, 5) is 24.1. The van der Waals surface area contributed by atoms with Gasteiger partial charge in [-0.2, -0.15) is 0 Å². The van der Waals surface area contributed by atoms with Gasteiger partial charge in [0.15, 0.2) is 0 Å². The summed E-state index contributed by atoms with van der Waals surface area (Å²) in [5.41, 5.74) is 2.10. The first kappa shape index (κ1) is 19.5. The number of benzene rings is 1. The Hall–Kier alpha value is -2.21. The highest BCUT2D eigenvalue weighted by Gasteiger charge is 2.21. The van der Waals surface area contributed by atoms with E-state index in [4.69, 9.17) is 0 Å². The number of rotatable bonds is 4. The zero-order valence-electron chi connectivity index (χ0n) is 14.0. The van der Waals surface area contributed by atoms with Gasteiger partial charge < -0.3 is 10.4 Å². The summed E-state index contributed by atoms with van der Waals surface area (Å²) in [5, 5.41) is 18.0. The predicted octanol–water partition coefficient (Wildman–Crippen LogP) is 5.21. The monoisotopic (exact) mass is 462 g/mol. The second-order valence-electron chi connectivity index (χ2n) is 5.68. The van der Waals surface area contributed by atoms with Crippen LogP contribution in [0.3, 0.4) is 0 Å². The Labute approximate surface area is 171 Å². The van der Waals surface area contributed by atoms with Gasteiger partial charge >= 0.3 is 12.0 Å². The van der Waals surface area contributed by atoms with Crippen LogP contribution >= 0.6 is 36.5 Å². The van der Waals surface area contributed by atoms with E-state index >= 15 is 0 Å². The maximum atomic E-state index is 12.3. The molecule has 8 heteroatoms. The van der Waals surface area contributed by atoms with Crippen molar-refractivity contribution in [1.29, 1.82) is 0 Å². The van der Waals surface area contributed by atoms with Crippen molar-refractivity contribution in [2.24, 2.45) is 0 Å². The Balaban J connectivity index is 1.83. The van der Waals surface area contributed by atoms with Crippen LogP contribution in [0.2, 0.25) is 0 Å². The first-order valence-corrected chi connectivity index (χ1v) is 10.2. The fourth-order valence-electron chi connectivity index (χ4n) is 2.56. The third-order valence-electron chi connectivity index (χ3n) is 3.76. The molecule has 1 atom stereocenters. The Morgan fingerprint density at radius 3 is 2.74 bits per heavy atom. The molecule has 0 bridgehead atoms. The molecule has 27 heavy (non-hydrogen) atoms. The van der Waals surface area contributed by atoms with Gasteiger partial charge in [0.25, 0.3) is 0 Å². The maximum absolute atomic E-state index is 12.3. The van der Waals surface area contributed by atoms with E-state index in [1.165, 1.54) is 11.3 Å². The molecule has 0 saturated carbocycles. The van der Waals surface area contributed by atoms with Crippen molar-refractivity contribution in [2.45, 2.75) is 6.42 Å². The maximum Gasteiger partial charge on any atom is 0.339 e. The number of halogens is 1. The number of carboxylic acids is 1. The fraction of sp³-hybridized carbons (Fsp3) is 0.0526. The molecule has 1 aliphatic carbocycles. The third kappa shape index (κ3) is 4.95. The summed E-state index contributed by atoms with van der Waals surface area (Å²) < 4.78 is 0.940. The first-order chi connectivity index (χ1) is 12.9. The summed E-state index contributed by atoms with van der Waals surface area (Å²) >= 11 is 4.61. The number of anilines is 2. The summed E-state index contributed by atoms with van der Waals surface area (Å²) in [5.74, 6) is -1.08. The van der Waals surface area contributed by atoms with E-state index in [-0.39, 0.29) is 5.56 Å². The molecule has 1 aromatic heterocycles. The predicted molar refractivity (Wildman–Crippen MR) is 118 cm³/mol. The molecular weight excluding hydrogens is 447 g/mol. The third-order valence-corrected chi connectivity index (χ3v) is 5.60. The molecule has 1 heterocycles. The molecule has 1 unspecified atom stereocenters. The summed E-state index contributed by atoms with van der Waals surface area (Å²) in [6, 6.07) is 6.78. The second kappa shape index (κ2) is 8.65. The minimum atomic E-state index is -1.08. The van der Waals surface area contributed by atoms with Crippen molar-refractivity contribution in [3.63, 3.8) is 0 Å². The van der Waals surface area contributed by atoms with E-state index in [2.05, 4.69) is 35.8 Å². The van der Waals surface area contributed by atoms with E-state index in [0.717, 1.165) is 15.4 Å². The minimum Gasteiger partial charge on any atom is -0.478 e. The van der Waals surface area contributed by atoms with Gasteiger partial charge in [-0.15, -0.1) is 20.6 Å². The van der Waals surface area contributed by atoms with Crippen molar-refractivity contribution in [3.05, 3.63) is 69.6 Å². The van der Waals surface area contributed by atoms with Crippen LogP contribution in [0.5, 0.6) is 0 Å². The molecule has 0 saturated heterocycles. The van der Waals surface area contributed by atoms with E-state index < -0.39 is 12.0 Å². The van der Waals surface area contributed by atoms with Crippen molar-refractivity contribution in [2.75, 3.05) is 10.6 Å². The van der Waals surface area contributed by atoms with Crippen LogP contribution in [0.1, 0.15) is 22.3 Å². The summed E-state index contributed by atoms with van der Waals surface area (Å²) in [7, 11) is 2.56. The van der Waals surface area contributed by atoms with Crippen molar-refractivity contribution < 1.29 is 14.7 Å². The topological polar surface area (TPSA) is 78.4 Å². The van der Waals surface area contributed by atoms with Gasteiger partial charge in [0.05, 0.1) is 0 Å². The number of urea groups is 1. The van der Waals surface area contributed by atoms with E-state index in [1.807, 2.05) is 36.4 Å². The van der Waals surface area contributed by atoms with Crippen LogP contribution in [0.4, 0.5) is 15.5 Å². The quantitative estimate of drug-likeness (QED) is 0.545. The lowest BCUT2D eigenvalue weighted by Gasteiger charge is -2.08. The molecule has 0 radical (unpaired) electrons. The molecule has 3 rings (SSSR count). The van der Waals surface area contributed by atoms with Gasteiger partial charge in [-0.1, -0.05) is 46.3 Å². The zero-order chi connectivity index (χ0) is 19.4. The molecular formula is C19H16BrN2O3PS. The van der Waals surface area contributed by atoms with Gasteiger partial charge in [0.1, 0.15) is 10.6 Å². The number of amides is 2. The number of carbonyl (C=O) groups excluding carboxylic acids is 1. The highest BCUT2D eigenvalue weighted by molar-refractivity contribution is 9.11. The first-order valence-electron chi connectivity index (χ1n) is 7.96. The van der Waals surface area contributed by atoms with Crippen LogP contribution in [0, 0.1) is 0 Å². The van der Waals surface area contributed by atoms with Gasteiger partial charge in [-0.25, -0.2) is 9.59 Å². The molecule has 138 valence electrons. The van der Waals surface area contributed by atoms with Gasteiger partial charge in [0, 0.05) is 21.1 Å². The van der Waals surface area contributed by atoms with Crippen LogP contribution < -0.4 is 15.9 Å². The number of thiophene rings is 1. The summed E-state index contributed by atoms with van der Waals surface area (Å²) in [6.07, 6.45) is 8.36. The van der Waals surface area contributed by atoms with Crippen LogP contribution in [0.25, 0.3) is 5.57 Å². The molecule has 5 nitrogen and oxygen atoms in total. The van der Waals surface area contributed by atoms with Crippen LogP contribution in [-0.2, 0) is 0 Å². The number of nitrogens with one attached hydrogen (secondary N) is 2. The number of carboxylic acid groups (broad SMARTS) is 1. The normalized spacial score (nSPS) is 13.4. The van der Waals surface area contributed by atoms with E-state index in [0.29, 0.717) is 22.7 Å². The average Bonchev–Trinajstić information content (AvgIpc) is 2.89. The fourth-order valence-corrected chi connectivity index (χ4v) is 4.13. The Morgan fingerprint density at radius 2 is 2.00 bits per heavy atom. The van der Waals surface area contributed by atoms with E-state index in [9.17, 15) is 14.7 Å². The van der Waals surface area contributed by atoms with E-state index in [1.54, 1.807) is 17.5 Å². The average molecular weight is 463 g/mol. The number of allylic oxidation sites excluding steroid dienone is 6. The lowest BCUT2D eigenvalue weighted by molar-refractivity contribution is 0.0698. The van der Waals surface area contributed by atoms with Gasteiger partial charge in [-0.3, -0.25) is 5.32 Å². The van der Waals surface area contributed by atoms with Crippen LogP contribution in [-0.4, -0.2) is 17.1 Å². The molecule has 2 amide bonds. The Morgan fingerprint density at radius 1 is 1.19 bits per heavy atom. The van der Waals surface area contributed by atoms with Gasteiger partial charge in [-0.05, 0) is 35.5 Å². The van der Waals surface area contributed by atoms with Crippen molar-refractivity contribution >= 4 is 70.1 Å². The zero-order valence-corrected chi connectivity index (χ0v) is 17.6. The highest BCUT2D eigenvalue weighted by Crippen LogP contribution is 2.35. The van der Waals surface area contributed by atoms with Crippen LogP contribution in [0.15, 0.2) is 58.4 Å². The molecule has 1 aromatic carbocycles. The van der Waals surface area contributed by atoms with Gasteiger partial charge in [0.2, 0.25) is 0 Å². The Kier molecular flexibility index (Phi) is 6.26. The number of hydrogen-bond acceptors (Lipinski definition) is 3. The van der Waals surface area contributed by atoms with Crippen molar-refractivity contribution in [3.8, 4) is 0 Å². The lowest BCUT2D eigenvalue weighted by Crippen LogP contribution is -2.20. The highest BCUT2D eigenvalue weighted by atomic mass is 79.9. The standard InChI is InChI=1S/C19H16BrN2O3PS/c20-12-4-1-3-11(7-8-12)15-10-27-17(16(15)18(23)24)22-19(25)21-13-5-2-6-14(26)9-13/h2-10H,1,26H2,(H,23,24)(H2,21,22,25). The minimum absolute atomic E-state index is 0.0869. The molecule has 0 aliphatic heterocycles. The molecule has 0 spiro atoms. The number of aromatic carboxylic acids is 1. The molecule has 3 N–H and O–H groups in total. The largest absolute Gasteiger partial charge is 0.478 e. The lowest BCUT2D eigenvalue weighted by atomic mass is 10.0. The number of hydrogen-bond donors (Lipinski definition) is 3. The second-order valence-corrected chi connectivity index (χ2v) is 8.14. The Bertz CT molecular complexity index is 995. The number of carbonyl (C=O) groups is 2. The smallest absolute Gasteiger partial charge is 0.339 e. The molecule has 1 aliphatic rings. The molecule has 2 aromatic rings. The SMILES string of the molecule is O=C(Nc1cccc(P)c1)Nc1scc(C2=CCC=C(Br)C=C2)c1C(=O)O. The molecule has 0 fully saturated rings. The summed E-state index contributed by atoms with van der Waals surface area (Å²) in [6.45, 7) is 0.